The van der Waals surface area contributed by atoms with Crippen LogP contribution in [0.5, 0.6) is 0 Å². The monoisotopic (exact) mass is 359 g/mol. The maximum Gasteiger partial charge on any atom is 0.346 e. The second kappa shape index (κ2) is 9.50. The molecular formula is C14H25N5O4S. The summed E-state index contributed by atoms with van der Waals surface area (Å²) in [6.07, 6.45) is 2.74. The van der Waals surface area contributed by atoms with Crippen molar-refractivity contribution in [2.75, 3.05) is 39.4 Å². The SMILES string of the molecule is C=CCOCCN(CC)C(=O)n1cnc(S(=O)(=O)N(CC)CC)n1. The number of rotatable bonds is 10. The van der Waals surface area contributed by atoms with E-state index >= 15 is 0 Å². The van der Waals surface area contributed by atoms with E-state index in [2.05, 4.69) is 16.7 Å². The number of aromatic nitrogens is 3. The van der Waals surface area contributed by atoms with Gasteiger partial charge in [-0.05, 0) is 6.92 Å². The van der Waals surface area contributed by atoms with Gasteiger partial charge < -0.3 is 9.64 Å². The third-order valence-corrected chi connectivity index (χ3v) is 5.18. The van der Waals surface area contributed by atoms with Crippen LogP contribution in [0.1, 0.15) is 20.8 Å². The molecule has 1 rings (SSSR count). The fourth-order valence-electron chi connectivity index (χ4n) is 2.01. The van der Waals surface area contributed by atoms with E-state index in [1.807, 2.05) is 6.92 Å². The number of carbonyl (C=O) groups is 1. The van der Waals surface area contributed by atoms with Crippen molar-refractivity contribution < 1.29 is 17.9 Å². The molecule has 0 aliphatic rings. The molecule has 0 saturated carbocycles. The zero-order chi connectivity index (χ0) is 18.2. The van der Waals surface area contributed by atoms with Crippen LogP contribution in [-0.4, -0.2) is 77.8 Å². The zero-order valence-electron chi connectivity index (χ0n) is 14.4. The number of hydrogen-bond acceptors (Lipinski definition) is 6. The van der Waals surface area contributed by atoms with Crippen molar-refractivity contribution in [1.82, 2.24) is 24.0 Å². The molecule has 1 amide bonds. The Kier molecular flexibility index (Phi) is 8.02. The van der Waals surface area contributed by atoms with Crippen LogP contribution in [0.4, 0.5) is 4.79 Å². The summed E-state index contributed by atoms with van der Waals surface area (Å²) in [6.45, 7) is 11.0. The van der Waals surface area contributed by atoms with Gasteiger partial charge in [0.1, 0.15) is 6.33 Å². The van der Waals surface area contributed by atoms with Crippen LogP contribution in [0, 0.1) is 0 Å². The van der Waals surface area contributed by atoms with Gasteiger partial charge in [0.05, 0.1) is 13.2 Å². The molecule has 1 heterocycles. The van der Waals surface area contributed by atoms with Crippen molar-refractivity contribution in [1.29, 1.82) is 0 Å². The molecule has 0 aromatic carbocycles. The van der Waals surface area contributed by atoms with Gasteiger partial charge in [0.25, 0.3) is 15.2 Å². The largest absolute Gasteiger partial charge is 0.376 e. The molecule has 24 heavy (non-hydrogen) atoms. The van der Waals surface area contributed by atoms with E-state index in [0.29, 0.717) is 39.4 Å². The van der Waals surface area contributed by atoms with Gasteiger partial charge in [0.2, 0.25) is 0 Å². The zero-order valence-corrected chi connectivity index (χ0v) is 15.2. The fraction of sp³-hybridized carbons (Fsp3) is 0.643. The third-order valence-electron chi connectivity index (χ3n) is 3.34. The van der Waals surface area contributed by atoms with Gasteiger partial charge in [0.15, 0.2) is 0 Å². The molecule has 1 aromatic rings. The van der Waals surface area contributed by atoms with E-state index in [1.165, 1.54) is 9.21 Å². The van der Waals surface area contributed by atoms with Crippen LogP contribution in [0.15, 0.2) is 24.1 Å². The molecule has 0 aliphatic carbocycles. The van der Waals surface area contributed by atoms with E-state index in [0.717, 1.165) is 11.0 Å². The van der Waals surface area contributed by atoms with E-state index < -0.39 is 16.1 Å². The lowest BCUT2D eigenvalue weighted by atomic mass is 10.5. The third kappa shape index (κ3) is 4.86. The Hall–Kier alpha value is -1.78. The van der Waals surface area contributed by atoms with Crippen molar-refractivity contribution in [3.8, 4) is 0 Å². The van der Waals surface area contributed by atoms with Gasteiger partial charge in [-0.1, -0.05) is 19.9 Å². The number of likely N-dealkylation sites (N-methyl/N-ethyl adjacent to an activating group) is 1. The lowest BCUT2D eigenvalue weighted by Gasteiger charge is -2.19. The molecule has 0 unspecified atom stereocenters. The van der Waals surface area contributed by atoms with Crippen LogP contribution in [0.2, 0.25) is 0 Å². The minimum Gasteiger partial charge on any atom is -0.376 e. The highest BCUT2D eigenvalue weighted by molar-refractivity contribution is 7.88. The molecule has 0 N–H and O–H groups in total. The van der Waals surface area contributed by atoms with Gasteiger partial charge in [-0.3, -0.25) is 0 Å². The summed E-state index contributed by atoms with van der Waals surface area (Å²) in [5, 5.41) is 3.46. The molecule has 0 spiro atoms. The molecule has 0 bridgehead atoms. The topological polar surface area (TPSA) is 97.6 Å². The minimum absolute atomic E-state index is 0.309. The Bertz CT molecular complexity index is 639. The maximum atomic E-state index is 12.4. The van der Waals surface area contributed by atoms with E-state index in [9.17, 15) is 13.2 Å². The Morgan fingerprint density at radius 3 is 2.54 bits per heavy atom. The van der Waals surface area contributed by atoms with E-state index in [-0.39, 0.29) is 5.16 Å². The predicted octanol–water partition coefficient (Wildman–Crippen LogP) is 0.801. The van der Waals surface area contributed by atoms with Gasteiger partial charge in [-0.25, -0.2) is 18.2 Å². The van der Waals surface area contributed by atoms with Crippen molar-refractivity contribution in [3.05, 3.63) is 19.0 Å². The van der Waals surface area contributed by atoms with E-state index in [1.54, 1.807) is 19.9 Å². The quantitative estimate of drug-likeness (QED) is 0.453. The number of carbonyl (C=O) groups excluding carboxylic acids is 1. The van der Waals surface area contributed by atoms with Crippen LogP contribution in [-0.2, 0) is 14.8 Å². The number of hydrogen-bond donors (Lipinski definition) is 0. The summed E-state index contributed by atoms with van der Waals surface area (Å²) in [5.74, 6) is 0. The highest BCUT2D eigenvalue weighted by Crippen LogP contribution is 2.10. The van der Waals surface area contributed by atoms with Gasteiger partial charge >= 0.3 is 6.03 Å². The van der Waals surface area contributed by atoms with Crippen LogP contribution in [0.3, 0.4) is 0 Å². The first-order chi connectivity index (χ1) is 11.4. The lowest BCUT2D eigenvalue weighted by molar-refractivity contribution is 0.130. The van der Waals surface area contributed by atoms with Crippen molar-refractivity contribution in [2.45, 2.75) is 25.9 Å². The lowest BCUT2D eigenvalue weighted by Crippen LogP contribution is -2.37. The minimum atomic E-state index is -3.79. The Morgan fingerprint density at radius 2 is 2.00 bits per heavy atom. The van der Waals surface area contributed by atoms with Gasteiger partial charge in [-0.15, -0.1) is 11.7 Å². The molecule has 9 nitrogen and oxygen atoms in total. The molecule has 0 atom stereocenters. The number of nitrogens with zero attached hydrogens (tertiary/aromatic N) is 5. The summed E-state index contributed by atoms with van der Waals surface area (Å²) in [4.78, 5) is 17.7. The first kappa shape index (κ1) is 20.3. The normalized spacial score (nSPS) is 11.7. The van der Waals surface area contributed by atoms with Crippen molar-refractivity contribution >= 4 is 16.1 Å². The summed E-state index contributed by atoms with van der Waals surface area (Å²) < 4.78 is 32.1. The molecule has 1 aromatic heterocycles. The fourth-order valence-corrected chi connectivity index (χ4v) is 3.29. The standard InChI is InChI=1S/C14H25N5O4S/c1-5-10-23-11-9-17(6-2)14(20)19-12-15-13(16-19)24(21,22)18(7-3)8-4/h5,12H,1,6-11H2,2-4H3. The second-order valence-electron chi connectivity index (χ2n) is 4.79. The van der Waals surface area contributed by atoms with Crippen molar-refractivity contribution in [3.63, 3.8) is 0 Å². The molecule has 0 saturated heterocycles. The van der Waals surface area contributed by atoms with Crippen LogP contribution < -0.4 is 0 Å². The molecule has 136 valence electrons. The first-order valence-corrected chi connectivity index (χ1v) is 9.26. The summed E-state index contributed by atoms with van der Waals surface area (Å²) in [6, 6.07) is -0.451. The second-order valence-corrected chi connectivity index (χ2v) is 6.62. The average Bonchev–Trinajstić information content (AvgIpc) is 3.06. The molecular weight excluding hydrogens is 334 g/mol. The first-order valence-electron chi connectivity index (χ1n) is 7.82. The molecule has 0 radical (unpaired) electrons. The summed E-state index contributed by atoms with van der Waals surface area (Å²) >= 11 is 0. The maximum absolute atomic E-state index is 12.4. The van der Waals surface area contributed by atoms with Crippen LogP contribution in [0.25, 0.3) is 0 Å². The number of ether oxygens (including phenoxy) is 1. The average molecular weight is 359 g/mol. The number of amides is 1. The van der Waals surface area contributed by atoms with Crippen molar-refractivity contribution in [2.24, 2.45) is 0 Å². The Balaban J connectivity index is 2.86. The Morgan fingerprint density at radius 1 is 1.33 bits per heavy atom. The Labute approximate surface area is 143 Å². The highest BCUT2D eigenvalue weighted by Gasteiger charge is 2.27. The molecule has 0 fully saturated rings. The summed E-state index contributed by atoms with van der Waals surface area (Å²) in [5.41, 5.74) is 0. The molecule has 0 aliphatic heterocycles. The van der Waals surface area contributed by atoms with Gasteiger partial charge in [-0.2, -0.15) is 8.99 Å². The highest BCUT2D eigenvalue weighted by atomic mass is 32.2. The molecule has 10 heteroatoms. The van der Waals surface area contributed by atoms with Crippen LogP contribution >= 0.6 is 0 Å². The van der Waals surface area contributed by atoms with Gasteiger partial charge in [0, 0.05) is 26.2 Å². The summed E-state index contributed by atoms with van der Waals surface area (Å²) in [7, 11) is -3.79. The van der Waals surface area contributed by atoms with E-state index in [4.69, 9.17) is 4.74 Å². The number of sulfonamides is 1. The predicted molar refractivity (Wildman–Crippen MR) is 89.2 cm³/mol. The smallest absolute Gasteiger partial charge is 0.346 e.